The summed E-state index contributed by atoms with van der Waals surface area (Å²) in [4.78, 5) is 25.3. The zero-order valence-electron chi connectivity index (χ0n) is 13.7. The molecule has 0 fully saturated rings. The molecule has 23 heavy (non-hydrogen) atoms. The van der Waals surface area contributed by atoms with Gasteiger partial charge in [0.2, 0.25) is 5.43 Å². The third kappa shape index (κ3) is 5.37. The van der Waals surface area contributed by atoms with Gasteiger partial charge in [0.25, 0.3) is 0 Å². The van der Waals surface area contributed by atoms with Crippen LogP contribution in [-0.2, 0) is 11.3 Å². The lowest BCUT2D eigenvalue weighted by molar-refractivity contribution is -0.141. The Morgan fingerprint density at radius 2 is 2.09 bits per heavy atom. The molecule has 0 saturated carbocycles. The Morgan fingerprint density at radius 3 is 2.61 bits per heavy atom. The second-order valence-corrected chi connectivity index (χ2v) is 5.51. The minimum absolute atomic E-state index is 0.0195. The molecule has 0 radical (unpaired) electrons. The number of aliphatic hydroxyl groups is 1. The van der Waals surface area contributed by atoms with E-state index in [9.17, 15) is 19.8 Å². The molecule has 1 heterocycles. The van der Waals surface area contributed by atoms with Gasteiger partial charge in [-0.05, 0) is 13.0 Å². The summed E-state index contributed by atoms with van der Waals surface area (Å²) >= 11 is 0. The third-order valence-corrected chi connectivity index (χ3v) is 3.84. The van der Waals surface area contributed by atoms with Crippen LogP contribution in [0.25, 0.3) is 0 Å². The van der Waals surface area contributed by atoms with Gasteiger partial charge in [-0.3, -0.25) is 9.69 Å². The molecule has 1 atom stereocenters. The second-order valence-electron chi connectivity index (χ2n) is 5.51. The van der Waals surface area contributed by atoms with Gasteiger partial charge in [-0.1, -0.05) is 26.7 Å². The van der Waals surface area contributed by atoms with Crippen molar-refractivity contribution in [2.24, 2.45) is 0 Å². The summed E-state index contributed by atoms with van der Waals surface area (Å²) in [6, 6.07) is 0.446. The van der Waals surface area contributed by atoms with E-state index in [0.717, 1.165) is 12.8 Å². The van der Waals surface area contributed by atoms with Crippen LogP contribution in [0.1, 0.15) is 44.8 Å². The molecule has 1 aromatic heterocycles. The number of carbonyl (C=O) groups is 1. The molecule has 0 aliphatic heterocycles. The molecule has 0 amide bonds. The topological polar surface area (TPSA) is 103 Å². The van der Waals surface area contributed by atoms with Crippen LogP contribution >= 0.6 is 0 Å². The van der Waals surface area contributed by atoms with Crippen molar-refractivity contribution in [3.05, 3.63) is 28.2 Å². The molecule has 0 spiro atoms. The molecule has 3 N–H and O–H groups in total. The molecule has 0 aliphatic carbocycles. The number of aromatic nitrogens is 1. The van der Waals surface area contributed by atoms with Crippen LogP contribution in [0.4, 0.5) is 0 Å². The van der Waals surface area contributed by atoms with Crippen LogP contribution in [0.3, 0.4) is 0 Å². The minimum atomic E-state index is -0.993. The van der Waals surface area contributed by atoms with Crippen molar-refractivity contribution in [1.29, 1.82) is 0 Å². The highest BCUT2D eigenvalue weighted by Crippen LogP contribution is 2.20. The number of aromatic hydroxyl groups is 1. The quantitative estimate of drug-likeness (QED) is 0.597. The summed E-state index contributed by atoms with van der Waals surface area (Å²) in [7, 11) is 0. The van der Waals surface area contributed by atoms with Gasteiger partial charge in [-0.2, -0.15) is 0 Å². The molecule has 0 aliphatic rings. The van der Waals surface area contributed by atoms with Gasteiger partial charge in [0, 0.05) is 24.8 Å². The van der Waals surface area contributed by atoms with Crippen LogP contribution in [-0.4, -0.2) is 50.5 Å². The lowest BCUT2D eigenvalue weighted by Gasteiger charge is -2.25. The van der Waals surface area contributed by atoms with Gasteiger partial charge in [-0.15, -0.1) is 0 Å². The zero-order valence-corrected chi connectivity index (χ0v) is 13.7. The number of nitrogens with zero attached hydrogens (tertiary/aromatic N) is 2. The van der Waals surface area contributed by atoms with Gasteiger partial charge >= 0.3 is 5.97 Å². The molecule has 1 rings (SSSR count). The van der Waals surface area contributed by atoms with Crippen molar-refractivity contribution in [3.63, 3.8) is 0 Å². The molecule has 0 aromatic carbocycles. The molecule has 0 bridgehead atoms. The Morgan fingerprint density at radius 1 is 1.39 bits per heavy atom. The number of aliphatic hydroxyl groups excluding tert-OH is 1. The second kappa shape index (κ2) is 9.32. The first-order valence-electron chi connectivity index (χ1n) is 7.94. The van der Waals surface area contributed by atoms with Crippen LogP contribution in [0.2, 0.25) is 0 Å². The SMILES string of the molecule is CCCCC(C(=O)O)n1cc(O)c(=O)cc1CN(CC)CCO. The normalized spacial score (nSPS) is 12.5. The van der Waals surface area contributed by atoms with E-state index in [1.807, 2.05) is 18.7 Å². The van der Waals surface area contributed by atoms with Gasteiger partial charge in [0.15, 0.2) is 5.75 Å². The minimum Gasteiger partial charge on any atom is -0.503 e. The van der Waals surface area contributed by atoms with Gasteiger partial charge in [0.1, 0.15) is 6.04 Å². The zero-order chi connectivity index (χ0) is 17.4. The molecule has 1 aromatic rings. The lowest BCUT2D eigenvalue weighted by Crippen LogP contribution is -2.31. The van der Waals surface area contributed by atoms with Crippen molar-refractivity contribution in [2.45, 2.75) is 45.7 Å². The highest BCUT2D eigenvalue weighted by molar-refractivity contribution is 5.72. The number of pyridine rings is 1. The van der Waals surface area contributed by atoms with Crippen molar-refractivity contribution in [3.8, 4) is 5.75 Å². The summed E-state index contributed by atoms with van der Waals surface area (Å²) in [6.07, 6.45) is 3.22. The fourth-order valence-corrected chi connectivity index (χ4v) is 2.49. The molecular formula is C16H26N2O5. The van der Waals surface area contributed by atoms with E-state index in [2.05, 4.69) is 0 Å². The van der Waals surface area contributed by atoms with Crippen LogP contribution in [0.5, 0.6) is 5.75 Å². The van der Waals surface area contributed by atoms with E-state index < -0.39 is 23.2 Å². The van der Waals surface area contributed by atoms with Crippen LogP contribution in [0, 0.1) is 0 Å². The van der Waals surface area contributed by atoms with E-state index in [4.69, 9.17) is 5.11 Å². The monoisotopic (exact) mass is 326 g/mol. The number of carboxylic acids is 1. The standard InChI is InChI=1S/C16H26N2O5/c1-3-5-6-13(16(22)23)18-11-15(21)14(20)9-12(18)10-17(4-2)7-8-19/h9,11,13,19,21H,3-8,10H2,1-2H3,(H,22,23). The fraction of sp³-hybridized carbons (Fsp3) is 0.625. The van der Waals surface area contributed by atoms with E-state index in [1.165, 1.54) is 16.8 Å². The van der Waals surface area contributed by atoms with Crippen molar-refractivity contribution >= 4 is 5.97 Å². The lowest BCUT2D eigenvalue weighted by atomic mass is 10.1. The number of rotatable bonds is 10. The summed E-state index contributed by atoms with van der Waals surface area (Å²) in [5.41, 5.74) is -0.0115. The maximum Gasteiger partial charge on any atom is 0.326 e. The predicted molar refractivity (Wildman–Crippen MR) is 86.6 cm³/mol. The molecule has 7 heteroatoms. The summed E-state index contributed by atoms with van der Waals surface area (Å²) in [6.45, 7) is 5.30. The maximum absolute atomic E-state index is 11.7. The average Bonchev–Trinajstić information content (AvgIpc) is 2.51. The third-order valence-electron chi connectivity index (χ3n) is 3.84. The number of unbranched alkanes of at least 4 members (excludes halogenated alkanes) is 1. The number of aliphatic carboxylic acids is 1. The number of hydrogen-bond donors (Lipinski definition) is 3. The predicted octanol–water partition coefficient (Wildman–Crippen LogP) is 1.18. The van der Waals surface area contributed by atoms with E-state index in [0.29, 0.717) is 31.7 Å². The molecular weight excluding hydrogens is 300 g/mol. The molecule has 0 saturated heterocycles. The van der Waals surface area contributed by atoms with Crippen molar-refractivity contribution in [2.75, 3.05) is 19.7 Å². The van der Waals surface area contributed by atoms with Crippen LogP contribution < -0.4 is 5.43 Å². The van der Waals surface area contributed by atoms with E-state index in [1.54, 1.807) is 0 Å². The Kier molecular flexibility index (Phi) is 7.77. The van der Waals surface area contributed by atoms with Gasteiger partial charge < -0.3 is 19.9 Å². The first kappa shape index (κ1) is 19.2. The van der Waals surface area contributed by atoms with Crippen molar-refractivity contribution < 1.29 is 20.1 Å². The Labute approximate surface area is 135 Å². The van der Waals surface area contributed by atoms with Crippen molar-refractivity contribution in [1.82, 2.24) is 9.47 Å². The fourth-order valence-electron chi connectivity index (χ4n) is 2.49. The van der Waals surface area contributed by atoms with E-state index in [-0.39, 0.29) is 6.61 Å². The van der Waals surface area contributed by atoms with Gasteiger partial charge in [-0.25, -0.2) is 4.79 Å². The smallest absolute Gasteiger partial charge is 0.326 e. The number of hydrogen-bond acceptors (Lipinski definition) is 5. The highest BCUT2D eigenvalue weighted by Gasteiger charge is 2.22. The Balaban J connectivity index is 3.24. The maximum atomic E-state index is 11.7. The average molecular weight is 326 g/mol. The van der Waals surface area contributed by atoms with Crippen LogP contribution in [0.15, 0.2) is 17.1 Å². The number of likely N-dealkylation sites (N-methyl/N-ethyl adjacent to an activating group) is 1. The Hall–Kier alpha value is -1.86. The number of carboxylic acid groups (broad SMARTS) is 1. The largest absolute Gasteiger partial charge is 0.503 e. The Bertz CT molecular complexity index is 570. The van der Waals surface area contributed by atoms with Gasteiger partial charge in [0.05, 0.1) is 12.8 Å². The summed E-state index contributed by atoms with van der Waals surface area (Å²) in [5.74, 6) is -1.45. The first-order chi connectivity index (χ1) is 10.9. The highest BCUT2D eigenvalue weighted by atomic mass is 16.4. The van der Waals surface area contributed by atoms with E-state index >= 15 is 0 Å². The first-order valence-corrected chi connectivity index (χ1v) is 7.94. The molecule has 1 unspecified atom stereocenters. The summed E-state index contributed by atoms with van der Waals surface area (Å²) < 4.78 is 1.47. The summed E-state index contributed by atoms with van der Waals surface area (Å²) in [5, 5.41) is 28.3. The molecule has 7 nitrogen and oxygen atoms in total. The molecule has 130 valence electrons.